The van der Waals surface area contributed by atoms with E-state index in [1.54, 1.807) is 13.0 Å². The smallest absolute Gasteiger partial charge is 0.271 e. The molecule has 0 fully saturated rings. The van der Waals surface area contributed by atoms with Gasteiger partial charge in [0.2, 0.25) is 0 Å². The number of aromatic amines is 1. The minimum Gasteiger partial charge on any atom is -0.507 e. The number of aromatic nitrogens is 3. The number of nitrogens with two attached hydrogens (primary N) is 1. The van der Waals surface area contributed by atoms with Gasteiger partial charge in [0.05, 0.1) is 12.7 Å². The van der Waals surface area contributed by atoms with Crippen LogP contribution in [0.4, 0.5) is 0 Å². The minimum absolute atomic E-state index is 0.00722. The second-order valence-electron chi connectivity index (χ2n) is 4.13. The normalized spacial score (nSPS) is 10.5. The summed E-state index contributed by atoms with van der Waals surface area (Å²) in [5.74, 6) is -0.111. The van der Waals surface area contributed by atoms with E-state index in [-0.39, 0.29) is 17.1 Å². The third-order valence-electron chi connectivity index (χ3n) is 2.91. The lowest BCUT2D eigenvalue weighted by atomic mass is 9.99. The van der Waals surface area contributed by atoms with Crippen molar-refractivity contribution in [3.63, 3.8) is 0 Å². The number of H-pyrrole nitrogens is 1. The number of hydrogen-bond acceptors (Lipinski definition) is 5. The van der Waals surface area contributed by atoms with E-state index >= 15 is 0 Å². The summed E-state index contributed by atoms with van der Waals surface area (Å²) in [6.45, 7) is 3.58. The van der Waals surface area contributed by atoms with Crippen molar-refractivity contribution in [3.05, 3.63) is 22.9 Å². The highest BCUT2D eigenvalue weighted by molar-refractivity contribution is 5.98. The lowest BCUT2D eigenvalue weighted by Gasteiger charge is -2.14. The molecule has 0 spiro atoms. The van der Waals surface area contributed by atoms with E-state index in [4.69, 9.17) is 10.5 Å². The zero-order valence-electron chi connectivity index (χ0n) is 10.8. The fraction of sp³-hybridized carbons (Fsp3) is 0.250. The number of amides is 1. The molecule has 19 heavy (non-hydrogen) atoms. The van der Waals surface area contributed by atoms with Crippen LogP contribution in [0.25, 0.3) is 11.3 Å². The van der Waals surface area contributed by atoms with Gasteiger partial charge in [0.25, 0.3) is 5.91 Å². The number of phenols is 1. The molecule has 0 radical (unpaired) electrons. The molecule has 4 N–H and O–H groups in total. The molecule has 7 heteroatoms. The molecular formula is C12H14N4O3. The van der Waals surface area contributed by atoms with E-state index in [2.05, 4.69) is 15.4 Å². The predicted molar refractivity (Wildman–Crippen MR) is 68.0 cm³/mol. The summed E-state index contributed by atoms with van der Waals surface area (Å²) in [6, 6.07) is 1.54. The molecule has 7 nitrogen and oxygen atoms in total. The van der Waals surface area contributed by atoms with Crippen molar-refractivity contribution in [2.24, 2.45) is 5.73 Å². The van der Waals surface area contributed by atoms with Gasteiger partial charge in [-0.25, -0.2) is 0 Å². The van der Waals surface area contributed by atoms with Crippen molar-refractivity contribution >= 4 is 5.91 Å². The minimum atomic E-state index is -0.720. The SMILES string of the molecule is COc1c(C)cc(O)c(-c2n[nH]nc2C(N)=O)c1C. The first-order valence-corrected chi connectivity index (χ1v) is 5.55. The van der Waals surface area contributed by atoms with Crippen LogP contribution in [0.5, 0.6) is 11.5 Å². The summed E-state index contributed by atoms with van der Waals surface area (Å²) in [4.78, 5) is 11.3. The summed E-state index contributed by atoms with van der Waals surface area (Å²) >= 11 is 0. The van der Waals surface area contributed by atoms with Crippen LogP contribution in [0.15, 0.2) is 6.07 Å². The monoisotopic (exact) mass is 262 g/mol. The zero-order valence-corrected chi connectivity index (χ0v) is 10.8. The summed E-state index contributed by atoms with van der Waals surface area (Å²) in [6.07, 6.45) is 0. The van der Waals surface area contributed by atoms with Gasteiger partial charge in [0.1, 0.15) is 17.2 Å². The maximum absolute atomic E-state index is 11.3. The lowest BCUT2D eigenvalue weighted by Crippen LogP contribution is -2.13. The number of carbonyl (C=O) groups is 1. The first-order valence-electron chi connectivity index (χ1n) is 5.55. The molecule has 2 rings (SSSR count). The van der Waals surface area contributed by atoms with Crippen molar-refractivity contribution in [3.8, 4) is 22.8 Å². The number of hydrogen-bond donors (Lipinski definition) is 3. The summed E-state index contributed by atoms with van der Waals surface area (Å²) in [7, 11) is 1.54. The van der Waals surface area contributed by atoms with Gasteiger partial charge in [0.15, 0.2) is 5.69 Å². The molecule has 0 atom stereocenters. The standard InChI is InChI=1S/C12H14N4O3/c1-5-4-7(17)8(6(2)11(5)19-3)9-10(12(13)18)15-16-14-9/h4,17H,1-3H3,(H2,13,18)(H,14,15,16). The Balaban J connectivity index is 2.75. The molecule has 0 aliphatic heterocycles. The van der Waals surface area contributed by atoms with Gasteiger partial charge in [-0.2, -0.15) is 15.4 Å². The number of aromatic hydroxyl groups is 1. The molecule has 1 aromatic heterocycles. The quantitative estimate of drug-likeness (QED) is 0.760. The van der Waals surface area contributed by atoms with Gasteiger partial charge in [-0.3, -0.25) is 4.79 Å². The fourth-order valence-corrected chi connectivity index (χ4v) is 2.13. The number of nitrogens with zero attached hydrogens (tertiary/aromatic N) is 2. The third kappa shape index (κ3) is 1.99. The Morgan fingerprint density at radius 1 is 1.42 bits per heavy atom. The van der Waals surface area contributed by atoms with Crippen molar-refractivity contribution in [1.82, 2.24) is 15.4 Å². The first kappa shape index (κ1) is 12.9. The number of ether oxygens (including phenoxy) is 1. The summed E-state index contributed by atoms with van der Waals surface area (Å²) in [5, 5.41) is 20.0. The number of benzene rings is 1. The molecule has 0 saturated carbocycles. The molecule has 0 unspecified atom stereocenters. The number of nitrogens with one attached hydrogen (secondary N) is 1. The fourth-order valence-electron chi connectivity index (χ4n) is 2.13. The summed E-state index contributed by atoms with van der Waals surface area (Å²) < 4.78 is 5.28. The number of rotatable bonds is 3. The molecule has 0 aliphatic rings. The van der Waals surface area contributed by atoms with Gasteiger partial charge in [-0.05, 0) is 25.5 Å². The number of aryl methyl sites for hydroxylation is 1. The largest absolute Gasteiger partial charge is 0.507 e. The van der Waals surface area contributed by atoms with Crippen molar-refractivity contribution in [2.75, 3.05) is 7.11 Å². The highest BCUT2D eigenvalue weighted by Gasteiger charge is 2.22. The van der Waals surface area contributed by atoms with E-state index in [0.717, 1.165) is 5.56 Å². The van der Waals surface area contributed by atoms with E-state index in [1.165, 1.54) is 7.11 Å². The molecule has 100 valence electrons. The maximum atomic E-state index is 11.3. The second-order valence-corrected chi connectivity index (χ2v) is 4.13. The van der Waals surface area contributed by atoms with Crippen LogP contribution in [-0.2, 0) is 0 Å². The number of methoxy groups -OCH3 is 1. The lowest BCUT2D eigenvalue weighted by molar-refractivity contribution is 0.0996. The highest BCUT2D eigenvalue weighted by atomic mass is 16.5. The van der Waals surface area contributed by atoms with E-state index in [1.807, 2.05) is 6.92 Å². The molecule has 1 heterocycles. The van der Waals surface area contributed by atoms with Gasteiger partial charge in [-0.15, -0.1) is 0 Å². The van der Waals surface area contributed by atoms with Crippen molar-refractivity contribution in [1.29, 1.82) is 0 Å². The zero-order chi connectivity index (χ0) is 14.2. The van der Waals surface area contributed by atoms with Crippen LogP contribution in [-0.4, -0.2) is 33.5 Å². The number of primary amides is 1. The molecule has 0 bridgehead atoms. The Hall–Kier alpha value is -2.57. The molecule has 0 aliphatic carbocycles. The predicted octanol–water partition coefficient (Wildman–Crippen LogP) is 0.902. The second kappa shape index (κ2) is 4.60. The topological polar surface area (TPSA) is 114 Å². The molecule has 2 aromatic rings. The Labute approximate surface area is 109 Å². The van der Waals surface area contributed by atoms with E-state index in [0.29, 0.717) is 16.9 Å². The molecule has 0 saturated heterocycles. The Bertz CT molecular complexity index is 649. The highest BCUT2D eigenvalue weighted by Crippen LogP contribution is 2.39. The van der Waals surface area contributed by atoms with Crippen LogP contribution in [0.3, 0.4) is 0 Å². The van der Waals surface area contributed by atoms with Gasteiger partial charge < -0.3 is 15.6 Å². The molecule has 1 aromatic carbocycles. The van der Waals surface area contributed by atoms with Gasteiger partial charge >= 0.3 is 0 Å². The van der Waals surface area contributed by atoms with Crippen molar-refractivity contribution < 1.29 is 14.6 Å². The Morgan fingerprint density at radius 3 is 2.68 bits per heavy atom. The molecule has 1 amide bonds. The van der Waals surface area contributed by atoms with Crippen LogP contribution >= 0.6 is 0 Å². The molecular weight excluding hydrogens is 248 g/mol. The van der Waals surface area contributed by atoms with Crippen molar-refractivity contribution in [2.45, 2.75) is 13.8 Å². The van der Waals surface area contributed by atoms with Gasteiger partial charge in [-0.1, -0.05) is 0 Å². The first-order chi connectivity index (χ1) is 8.97. The summed E-state index contributed by atoms with van der Waals surface area (Å²) in [5.41, 5.74) is 7.23. The number of carbonyl (C=O) groups excluding carboxylic acids is 1. The third-order valence-corrected chi connectivity index (χ3v) is 2.91. The van der Waals surface area contributed by atoms with Crippen LogP contribution in [0, 0.1) is 13.8 Å². The Kier molecular flexibility index (Phi) is 3.12. The van der Waals surface area contributed by atoms with Gasteiger partial charge in [0, 0.05) is 5.56 Å². The van der Waals surface area contributed by atoms with E-state index in [9.17, 15) is 9.90 Å². The maximum Gasteiger partial charge on any atom is 0.271 e. The average Bonchev–Trinajstić information content (AvgIpc) is 2.78. The Morgan fingerprint density at radius 2 is 2.11 bits per heavy atom. The van der Waals surface area contributed by atoms with Crippen LogP contribution in [0.2, 0.25) is 0 Å². The van der Waals surface area contributed by atoms with Crippen LogP contribution in [0.1, 0.15) is 21.6 Å². The average molecular weight is 262 g/mol. The van der Waals surface area contributed by atoms with Crippen LogP contribution < -0.4 is 10.5 Å². The number of phenolic OH excluding ortho intramolecular Hbond substituents is 1. The van der Waals surface area contributed by atoms with E-state index < -0.39 is 5.91 Å².